The number of fused-ring (bicyclic) bond motifs is 1. The van der Waals surface area contributed by atoms with Crippen LogP contribution in [0.1, 0.15) is 36.8 Å². The Bertz CT molecular complexity index is 963. The summed E-state index contributed by atoms with van der Waals surface area (Å²) in [4.78, 5) is 4.55. The zero-order valence-electron chi connectivity index (χ0n) is 17.3. The molecule has 0 aliphatic heterocycles. The predicted octanol–water partition coefficient (Wildman–Crippen LogP) is 2.56. The van der Waals surface area contributed by atoms with Crippen molar-refractivity contribution in [3.63, 3.8) is 0 Å². The van der Waals surface area contributed by atoms with Gasteiger partial charge in [0.1, 0.15) is 22.9 Å². The van der Waals surface area contributed by atoms with Crippen molar-refractivity contribution in [1.82, 2.24) is 25.2 Å². The number of halogens is 1. The third-order valence-electron chi connectivity index (χ3n) is 4.54. The van der Waals surface area contributed by atoms with Gasteiger partial charge >= 0.3 is 0 Å². The number of pyridine rings is 1. The minimum Gasteiger partial charge on any atom is -0.466 e. The van der Waals surface area contributed by atoms with Crippen molar-refractivity contribution in [3.8, 4) is 0 Å². The van der Waals surface area contributed by atoms with E-state index in [0.29, 0.717) is 24.7 Å². The molecule has 158 valence electrons. The molecule has 0 spiro atoms. The minimum absolute atomic E-state index is 0. The Morgan fingerprint density at radius 3 is 2.76 bits per heavy atom. The van der Waals surface area contributed by atoms with Gasteiger partial charge in [-0.3, -0.25) is 4.40 Å². The van der Waals surface area contributed by atoms with Crippen LogP contribution in [0.3, 0.4) is 0 Å². The first-order valence-electron chi connectivity index (χ1n) is 9.51. The van der Waals surface area contributed by atoms with Crippen molar-refractivity contribution >= 4 is 35.6 Å². The summed E-state index contributed by atoms with van der Waals surface area (Å²) in [5.74, 6) is 3.03. The van der Waals surface area contributed by atoms with Gasteiger partial charge in [0.05, 0.1) is 6.54 Å². The van der Waals surface area contributed by atoms with Crippen molar-refractivity contribution in [3.05, 3.63) is 53.4 Å². The summed E-state index contributed by atoms with van der Waals surface area (Å²) >= 11 is 0. The molecule has 0 saturated carbocycles. The molecule has 3 rings (SSSR count). The number of nitrogens with zero attached hydrogens (tertiary/aromatic N) is 4. The van der Waals surface area contributed by atoms with E-state index in [9.17, 15) is 5.11 Å². The number of aromatic nitrogens is 3. The lowest BCUT2D eigenvalue weighted by atomic mass is 9.96. The van der Waals surface area contributed by atoms with Gasteiger partial charge < -0.3 is 20.2 Å². The molecule has 0 aromatic carbocycles. The number of hydrogen-bond acceptors (Lipinski definition) is 5. The Kier molecular flexibility index (Phi) is 8.03. The van der Waals surface area contributed by atoms with E-state index in [-0.39, 0.29) is 30.5 Å². The van der Waals surface area contributed by atoms with Crippen LogP contribution in [0.4, 0.5) is 0 Å². The van der Waals surface area contributed by atoms with E-state index < -0.39 is 5.60 Å². The standard InChI is InChI=1S/C20H28N6O2.HI/c1-5-21-19(23-13-20(4,27)16-12-14(2)28-15(16)3)22-10-9-18-25-24-17-8-6-7-11-26(17)18;/h6-8,11-12,27H,5,9-10,13H2,1-4H3,(H2,21,22,23);1H. The summed E-state index contributed by atoms with van der Waals surface area (Å²) in [5.41, 5.74) is 0.493. The fraction of sp³-hybridized carbons (Fsp3) is 0.450. The molecule has 0 saturated heterocycles. The third kappa shape index (κ3) is 5.69. The van der Waals surface area contributed by atoms with Gasteiger partial charge in [-0.25, -0.2) is 4.99 Å². The molecule has 0 amide bonds. The Balaban J connectivity index is 0.00000300. The molecule has 0 aliphatic rings. The molecule has 0 fully saturated rings. The second-order valence-electron chi connectivity index (χ2n) is 7.02. The van der Waals surface area contributed by atoms with Crippen LogP contribution < -0.4 is 10.6 Å². The fourth-order valence-electron chi connectivity index (χ4n) is 3.18. The number of guanidine groups is 1. The van der Waals surface area contributed by atoms with Crippen LogP contribution in [0.5, 0.6) is 0 Å². The molecule has 0 aliphatic carbocycles. The Morgan fingerprint density at radius 1 is 1.28 bits per heavy atom. The van der Waals surface area contributed by atoms with Crippen molar-refractivity contribution in [2.75, 3.05) is 19.6 Å². The van der Waals surface area contributed by atoms with E-state index in [1.54, 1.807) is 6.92 Å². The highest BCUT2D eigenvalue weighted by Gasteiger charge is 2.27. The number of aryl methyl sites for hydroxylation is 2. The predicted molar refractivity (Wildman–Crippen MR) is 124 cm³/mol. The number of aliphatic imine (C=N–C) groups is 1. The van der Waals surface area contributed by atoms with E-state index in [1.165, 1.54) is 0 Å². The monoisotopic (exact) mass is 512 g/mol. The summed E-state index contributed by atoms with van der Waals surface area (Å²) in [7, 11) is 0. The average Bonchev–Trinajstić information content (AvgIpc) is 3.23. The van der Waals surface area contributed by atoms with E-state index in [1.807, 2.05) is 55.6 Å². The molecule has 0 radical (unpaired) electrons. The van der Waals surface area contributed by atoms with E-state index in [0.717, 1.165) is 29.3 Å². The summed E-state index contributed by atoms with van der Waals surface area (Å²) in [6, 6.07) is 7.69. The molecular formula is C20H29IN6O2. The van der Waals surface area contributed by atoms with Crippen molar-refractivity contribution in [2.45, 2.75) is 39.7 Å². The molecular weight excluding hydrogens is 483 g/mol. The van der Waals surface area contributed by atoms with Gasteiger partial charge in [-0.2, -0.15) is 0 Å². The first-order valence-corrected chi connectivity index (χ1v) is 9.51. The normalized spacial score (nSPS) is 13.8. The minimum atomic E-state index is -1.10. The van der Waals surface area contributed by atoms with Gasteiger partial charge in [-0.15, -0.1) is 34.2 Å². The molecule has 1 unspecified atom stereocenters. The highest BCUT2D eigenvalue weighted by molar-refractivity contribution is 14.0. The van der Waals surface area contributed by atoms with Crippen LogP contribution in [0.2, 0.25) is 0 Å². The Labute approximate surface area is 187 Å². The van der Waals surface area contributed by atoms with E-state index in [4.69, 9.17) is 4.42 Å². The van der Waals surface area contributed by atoms with Crippen LogP contribution in [0.25, 0.3) is 5.65 Å². The topological polar surface area (TPSA) is 100.0 Å². The smallest absolute Gasteiger partial charge is 0.191 e. The summed E-state index contributed by atoms with van der Waals surface area (Å²) in [5, 5.41) is 25.7. The van der Waals surface area contributed by atoms with E-state index in [2.05, 4.69) is 25.8 Å². The van der Waals surface area contributed by atoms with E-state index >= 15 is 0 Å². The number of furan rings is 1. The van der Waals surface area contributed by atoms with Crippen molar-refractivity contribution in [2.24, 2.45) is 4.99 Å². The van der Waals surface area contributed by atoms with Gasteiger partial charge in [0.15, 0.2) is 11.6 Å². The maximum absolute atomic E-state index is 10.8. The van der Waals surface area contributed by atoms with Gasteiger partial charge in [0, 0.05) is 31.3 Å². The molecule has 0 bridgehead atoms. The van der Waals surface area contributed by atoms with Gasteiger partial charge in [0.2, 0.25) is 0 Å². The highest BCUT2D eigenvalue weighted by Crippen LogP contribution is 2.27. The second kappa shape index (κ2) is 10.1. The lowest BCUT2D eigenvalue weighted by Gasteiger charge is -2.21. The first-order chi connectivity index (χ1) is 13.4. The molecule has 29 heavy (non-hydrogen) atoms. The number of rotatable bonds is 7. The maximum Gasteiger partial charge on any atom is 0.191 e. The molecule has 1 atom stereocenters. The maximum atomic E-state index is 10.8. The lowest BCUT2D eigenvalue weighted by Crippen LogP contribution is -2.40. The molecule has 3 heterocycles. The quantitative estimate of drug-likeness (QED) is 0.256. The van der Waals surface area contributed by atoms with Crippen molar-refractivity contribution in [1.29, 1.82) is 0 Å². The zero-order chi connectivity index (χ0) is 20.1. The first kappa shape index (κ1) is 23.1. The average molecular weight is 512 g/mol. The zero-order valence-corrected chi connectivity index (χ0v) is 19.6. The fourth-order valence-corrected chi connectivity index (χ4v) is 3.18. The Hall–Kier alpha value is -2.14. The molecule has 3 aromatic rings. The largest absolute Gasteiger partial charge is 0.466 e. The van der Waals surface area contributed by atoms with Crippen LogP contribution in [0.15, 0.2) is 39.9 Å². The second-order valence-corrected chi connectivity index (χ2v) is 7.02. The van der Waals surface area contributed by atoms with Gasteiger partial charge in [-0.05, 0) is 45.9 Å². The van der Waals surface area contributed by atoms with Crippen molar-refractivity contribution < 1.29 is 9.52 Å². The number of aliphatic hydroxyl groups is 1. The molecule has 3 aromatic heterocycles. The lowest BCUT2D eigenvalue weighted by molar-refractivity contribution is 0.0657. The summed E-state index contributed by atoms with van der Waals surface area (Å²) in [6.45, 7) is 9.07. The van der Waals surface area contributed by atoms with Gasteiger partial charge in [-0.1, -0.05) is 6.07 Å². The molecule has 9 heteroatoms. The van der Waals surface area contributed by atoms with Gasteiger partial charge in [0.25, 0.3) is 0 Å². The van der Waals surface area contributed by atoms with Crippen LogP contribution in [-0.2, 0) is 12.0 Å². The molecule has 8 nitrogen and oxygen atoms in total. The van der Waals surface area contributed by atoms with Crippen LogP contribution in [0, 0.1) is 13.8 Å². The Morgan fingerprint density at radius 2 is 2.07 bits per heavy atom. The highest BCUT2D eigenvalue weighted by atomic mass is 127. The van der Waals surface area contributed by atoms with Crippen LogP contribution in [-0.4, -0.2) is 45.3 Å². The third-order valence-corrected chi connectivity index (χ3v) is 4.54. The SMILES string of the molecule is CCNC(=NCC(C)(O)c1cc(C)oc1C)NCCc1nnc2ccccn12.I. The number of nitrogens with one attached hydrogen (secondary N) is 2. The summed E-state index contributed by atoms with van der Waals surface area (Å²) < 4.78 is 7.51. The molecule has 3 N–H and O–H groups in total. The summed E-state index contributed by atoms with van der Waals surface area (Å²) in [6.07, 6.45) is 2.66. The van der Waals surface area contributed by atoms with Crippen LogP contribution >= 0.6 is 24.0 Å². The number of hydrogen-bond donors (Lipinski definition) is 3.